The van der Waals surface area contributed by atoms with Crippen LogP contribution >= 0.6 is 11.6 Å². The highest BCUT2D eigenvalue weighted by atomic mass is 35.5. The molecule has 2 saturated heterocycles. The Kier molecular flexibility index (Phi) is 9.02. The van der Waals surface area contributed by atoms with E-state index in [4.69, 9.17) is 11.6 Å². The highest BCUT2D eigenvalue weighted by molar-refractivity contribution is 6.30. The second-order valence-electron chi connectivity index (χ2n) is 12.2. The predicted octanol–water partition coefficient (Wildman–Crippen LogP) is 3.48. The fourth-order valence-electron chi connectivity index (χ4n) is 7.14. The Balaban J connectivity index is 1.22. The first-order valence-electron chi connectivity index (χ1n) is 15.8. The summed E-state index contributed by atoms with van der Waals surface area (Å²) in [5.74, 6) is -0.709. The van der Waals surface area contributed by atoms with Crippen LogP contribution < -0.4 is 20.9 Å². The highest BCUT2D eigenvalue weighted by Gasteiger charge is 2.59. The van der Waals surface area contributed by atoms with Crippen molar-refractivity contribution in [1.82, 2.24) is 25.8 Å². The zero-order valence-electron chi connectivity index (χ0n) is 26.0. The molecule has 6 rings (SSSR count). The van der Waals surface area contributed by atoms with E-state index in [0.717, 1.165) is 22.4 Å². The van der Waals surface area contributed by atoms with E-state index in [1.54, 1.807) is 17.0 Å². The van der Waals surface area contributed by atoms with Gasteiger partial charge in [-0.2, -0.15) is 0 Å². The summed E-state index contributed by atoms with van der Waals surface area (Å²) in [6, 6.07) is 23.2. The number of piperidine rings is 1. The van der Waals surface area contributed by atoms with Crippen LogP contribution in [0.25, 0.3) is 0 Å². The van der Waals surface area contributed by atoms with E-state index in [-0.39, 0.29) is 17.7 Å². The molecule has 3 atom stereocenters. The maximum absolute atomic E-state index is 14.2. The van der Waals surface area contributed by atoms with Crippen LogP contribution in [0.3, 0.4) is 0 Å². The minimum absolute atomic E-state index is 0.206. The van der Waals surface area contributed by atoms with Crippen molar-refractivity contribution >= 4 is 41.0 Å². The molecule has 3 N–H and O–H groups in total. The lowest BCUT2D eigenvalue weighted by Gasteiger charge is -2.45. The fraction of sp³-hybridized carbons (Fsp3) is 0.371. The van der Waals surface area contributed by atoms with E-state index in [2.05, 4.69) is 22.0 Å². The van der Waals surface area contributed by atoms with Crippen molar-refractivity contribution in [2.45, 2.75) is 62.9 Å². The lowest BCUT2D eigenvalue weighted by molar-refractivity contribution is -0.140. The van der Waals surface area contributed by atoms with Crippen LogP contribution in [0.15, 0.2) is 78.9 Å². The summed E-state index contributed by atoms with van der Waals surface area (Å²) in [6.45, 7) is 3.02. The number of nitrogens with one attached hydrogen (secondary N) is 3. The number of benzene rings is 3. The molecular weight excluding hydrogens is 604 g/mol. The van der Waals surface area contributed by atoms with Crippen LogP contribution in [-0.2, 0) is 33.8 Å². The zero-order chi connectivity index (χ0) is 32.4. The molecular formula is C35H39ClN6O4. The Bertz CT molecular complexity index is 1610. The molecule has 0 saturated carbocycles. The standard InChI is InChI=1S/C35H39ClN6O4/c1-23-41(34(46)37-2)33(45)35(42(23)28-10-4-3-5-11-28)16-18-40(19-17-35)32(44)30(20-24-12-14-27(36)15-13-24)39-31(43)29-21-25-8-6-7-9-26(25)22-38-29/h3-15,23,29-30,38H,16-22H2,1-2H3,(H,37,46)(H,39,43)/t23-,29?,30+/m0/s1. The Morgan fingerprint density at radius 2 is 1.61 bits per heavy atom. The summed E-state index contributed by atoms with van der Waals surface area (Å²) in [5.41, 5.74) is 3.00. The van der Waals surface area contributed by atoms with E-state index >= 15 is 0 Å². The Hall–Kier alpha value is -4.41. The lowest BCUT2D eigenvalue weighted by atomic mass is 9.85. The van der Waals surface area contributed by atoms with Crippen molar-refractivity contribution in [2.24, 2.45) is 0 Å². The number of para-hydroxylation sites is 1. The van der Waals surface area contributed by atoms with Gasteiger partial charge in [0.25, 0.3) is 5.91 Å². The Morgan fingerprint density at radius 3 is 2.28 bits per heavy atom. The molecule has 5 amide bonds. The van der Waals surface area contributed by atoms with Gasteiger partial charge in [0.2, 0.25) is 11.8 Å². The maximum atomic E-state index is 14.2. The molecule has 46 heavy (non-hydrogen) atoms. The summed E-state index contributed by atoms with van der Waals surface area (Å²) in [4.78, 5) is 59.7. The van der Waals surface area contributed by atoms with Gasteiger partial charge in [-0.25, -0.2) is 9.69 Å². The predicted molar refractivity (Wildman–Crippen MR) is 176 cm³/mol. The Labute approximate surface area is 274 Å². The Morgan fingerprint density at radius 1 is 0.957 bits per heavy atom. The molecule has 3 heterocycles. The fourth-order valence-corrected chi connectivity index (χ4v) is 7.27. The molecule has 0 aromatic heterocycles. The van der Waals surface area contributed by atoms with Gasteiger partial charge in [-0.05, 0) is 67.1 Å². The third kappa shape index (κ3) is 5.94. The number of anilines is 1. The zero-order valence-corrected chi connectivity index (χ0v) is 26.8. The number of carbonyl (C=O) groups is 4. The third-order valence-corrected chi connectivity index (χ3v) is 9.81. The van der Waals surface area contributed by atoms with Crippen LogP contribution in [0.5, 0.6) is 0 Å². The monoisotopic (exact) mass is 642 g/mol. The third-order valence-electron chi connectivity index (χ3n) is 9.56. The SMILES string of the molecule is CNC(=O)N1C(=O)C2(CCN(C(=O)[C@@H](Cc3ccc(Cl)cc3)NC(=O)C3Cc4ccccc4CN3)CC2)N(c2ccccc2)[C@H]1C. The van der Waals surface area contributed by atoms with Crippen LogP contribution in [0.4, 0.5) is 10.5 Å². The van der Waals surface area contributed by atoms with Gasteiger partial charge in [0.1, 0.15) is 17.7 Å². The lowest BCUT2D eigenvalue weighted by Crippen LogP contribution is -2.61. The molecule has 0 bridgehead atoms. The molecule has 1 unspecified atom stereocenters. The highest BCUT2D eigenvalue weighted by Crippen LogP contribution is 2.42. The number of halogens is 1. The van der Waals surface area contributed by atoms with Gasteiger partial charge in [-0.3, -0.25) is 14.4 Å². The van der Waals surface area contributed by atoms with Gasteiger partial charge in [-0.1, -0.05) is 66.2 Å². The molecule has 11 heteroatoms. The summed E-state index contributed by atoms with van der Waals surface area (Å²) in [5, 5.41) is 9.56. The van der Waals surface area contributed by atoms with Crippen molar-refractivity contribution in [2.75, 3.05) is 25.0 Å². The number of carbonyl (C=O) groups excluding carboxylic acids is 4. The van der Waals surface area contributed by atoms with Gasteiger partial charge in [0, 0.05) is 43.8 Å². The van der Waals surface area contributed by atoms with Crippen LogP contribution in [0.1, 0.15) is 36.5 Å². The first-order chi connectivity index (χ1) is 22.2. The van der Waals surface area contributed by atoms with Gasteiger partial charge < -0.3 is 25.8 Å². The molecule has 3 aromatic carbocycles. The number of amides is 5. The van der Waals surface area contributed by atoms with Crippen molar-refractivity contribution in [1.29, 1.82) is 0 Å². The van der Waals surface area contributed by atoms with E-state index in [1.807, 2.05) is 72.5 Å². The van der Waals surface area contributed by atoms with Gasteiger partial charge in [0.05, 0.1) is 6.04 Å². The second kappa shape index (κ2) is 13.1. The summed E-state index contributed by atoms with van der Waals surface area (Å²) >= 11 is 6.12. The largest absolute Gasteiger partial charge is 0.343 e. The van der Waals surface area contributed by atoms with Crippen molar-refractivity contribution in [3.63, 3.8) is 0 Å². The van der Waals surface area contributed by atoms with Crippen LogP contribution in [-0.4, -0.2) is 77.5 Å². The van der Waals surface area contributed by atoms with E-state index in [9.17, 15) is 19.2 Å². The average Bonchev–Trinajstić information content (AvgIpc) is 3.29. The van der Waals surface area contributed by atoms with Crippen molar-refractivity contribution in [3.05, 3.63) is 101 Å². The minimum atomic E-state index is -0.988. The number of urea groups is 1. The molecule has 0 radical (unpaired) electrons. The summed E-state index contributed by atoms with van der Waals surface area (Å²) in [6.07, 6.45) is 0.999. The van der Waals surface area contributed by atoms with E-state index in [0.29, 0.717) is 50.3 Å². The second-order valence-corrected chi connectivity index (χ2v) is 12.7. The first-order valence-corrected chi connectivity index (χ1v) is 16.1. The normalized spacial score (nSPS) is 21.1. The summed E-state index contributed by atoms with van der Waals surface area (Å²) < 4.78 is 0. The first kappa shape index (κ1) is 31.6. The topological polar surface area (TPSA) is 114 Å². The summed E-state index contributed by atoms with van der Waals surface area (Å²) in [7, 11) is 1.51. The quantitative estimate of drug-likeness (QED) is 0.380. The molecule has 3 aromatic rings. The van der Waals surface area contributed by atoms with Gasteiger partial charge in [0.15, 0.2) is 0 Å². The molecule has 240 valence electrons. The molecule has 3 aliphatic rings. The van der Waals surface area contributed by atoms with Gasteiger partial charge >= 0.3 is 6.03 Å². The van der Waals surface area contributed by atoms with E-state index < -0.39 is 29.8 Å². The van der Waals surface area contributed by atoms with E-state index in [1.165, 1.54) is 11.9 Å². The number of imide groups is 1. The number of hydrogen-bond acceptors (Lipinski definition) is 6. The van der Waals surface area contributed by atoms with Crippen molar-refractivity contribution < 1.29 is 19.2 Å². The molecule has 10 nitrogen and oxygen atoms in total. The number of hydrogen-bond donors (Lipinski definition) is 3. The number of rotatable bonds is 6. The van der Waals surface area contributed by atoms with Crippen molar-refractivity contribution in [3.8, 4) is 0 Å². The van der Waals surface area contributed by atoms with Gasteiger partial charge in [-0.15, -0.1) is 0 Å². The minimum Gasteiger partial charge on any atom is -0.343 e. The number of fused-ring (bicyclic) bond motifs is 1. The van der Waals surface area contributed by atoms with Crippen LogP contribution in [0, 0.1) is 0 Å². The molecule has 1 spiro atoms. The van der Waals surface area contributed by atoms with Crippen LogP contribution in [0.2, 0.25) is 5.02 Å². The maximum Gasteiger partial charge on any atom is 0.325 e. The average molecular weight is 643 g/mol. The molecule has 0 aliphatic carbocycles. The number of likely N-dealkylation sites (tertiary alicyclic amines) is 1. The number of nitrogens with zero attached hydrogens (tertiary/aromatic N) is 3. The smallest absolute Gasteiger partial charge is 0.325 e. The molecule has 2 fully saturated rings. The molecule has 3 aliphatic heterocycles.